The molecule has 2 nitrogen and oxygen atoms in total. The molecule has 0 aliphatic carbocycles. The zero-order valence-electron chi connectivity index (χ0n) is 13.2. The highest BCUT2D eigenvalue weighted by molar-refractivity contribution is 5.50. The number of nitrogens with two attached hydrogens (primary N) is 1. The topological polar surface area (TPSA) is 29.3 Å². The lowest BCUT2D eigenvalue weighted by molar-refractivity contribution is 0.622. The fraction of sp³-hybridized carbons (Fsp3) is 0.333. The summed E-state index contributed by atoms with van der Waals surface area (Å²) >= 11 is 0. The monoisotopic (exact) mass is 286 g/mol. The van der Waals surface area contributed by atoms with Crippen molar-refractivity contribution in [1.82, 2.24) is 0 Å². The number of aryl methyl sites for hydroxylation is 3. The Morgan fingerprint density at radius 3 is 2.33 bits per heavy atom. The first-order valence-corrected chi connectivity index (χ1v) is 7.20. The number of halogens is 1. The number of hydrogen-bond donors (Lipinski definition) is 1. The maximum absolute atomic E-state index is 13.4. The molecule has 0 aliphatic heterocycles. The highest BCUT2D eigenvalue weighted by atomic mass is 19.1. The highest BCUT2D eigenvalue weighted by Gasteiger charge is 2.19. The van der Waals surface area contributed by atoms with Crippen LogP contribution in [0.5, 0.6) is 0 Å². The second-order valence-corrected chi connectivity index (χ2v) is 5.64. The van der Waals surface area contributed by atoms with Crippen molar-refractivity contribution < 1.29 is 4.39 Å². The fourth-order valence-corrected chi connectivity index (χ4v) is 2.71. The molecule has 0 saturated carbocycles. The molecule has 2 aromatic rings. The van der Waals surface area contributed by atoms with E-state index in [1.165, 1.54) is 28.3 Å². The van der Waals surface area contributed by atoms with Crippen molar-refractivity contribution in [1.29, 1.82) is 0 Å². The molecule has 2 rings (SSSR count). The summed E-state index contributed by atoms with van der Waals surface area (Å²) in [5.74, 6) is -0.230. The minimum atomic E-state index is -0.230. The first-order valence-electron chi connectivity index (χ1n) is 7.20. The van der Waals surface area contributed by atoms with Crippen molar-refractivity contribution in [3.8, 4) is 0 Å². The molecule has 0 heterocycles. The average molecular weight is 286 g/mol. The van der Waals surface area contributed by atoms with Crippen LogP contribution < -0.4 is 10.6 Å². The van der Waals surface area contributed by atoms with Gasteiger partial charge in [0.05, 0.1) is 6.04 Å². The molecule has 0 spiro atoms. The van der Waals surface area contributed by atoms with E-state index in [-0.39, 0.29) is 11.9 Å². The van der Waals surface area contributed by atoms with Crippen LogP contribution in [0.2, 0.25) is 0 Å². The Bertz CT molecular complexity index is 637. The van der Waals surface area contributed by atoms with Gasteiger partial charge in [0.15, 0.2) is 0 Å². The van der Waals surface area contributed by atoms with E-state index in [2.05, 4.69) is 32.9 Å². The lowest BCUT2D eigenvalue weighted by Gasteiger charge is -2.31. The van der Waals surface area contributed by atoms with E-state index in [0.29, 0.717) is 6.54 Å². The van der Waals surface area contributed by atoms with Crippen molar-refractivity contribution in [3.05, 3.63) is 64.5 Å². The van der Waals surface area contributed by atoms with Crippen molar-refractivity contribution in [2.45, 2.75) is 26.8 Å². The molecule has 21 heavy (non-hydrogen) atoms. The molecule has 0 radical (unpaired) electrons. The third-order valence-electron chi connectivity index (χ3n) is 4.15. The van der Waals surface area contributed by atoms with Crippen LogP contribution in [0.4, 0.5) is 10.1 Å². The first kappa shape index (κ1) is 15.5. The lowest BCUT2D eigenvalue weighted by atomic mass is 9.95. The minimum absolute atomic E-state index is 0.0334. The summed E-state index contributed by atoms with van der Waals surface area (Å²) in [6.07, 6.45) is 0. The van der Waals surface area contributed by atoms with E-state index in [1.54, 1.807) is 12.1 Å². The van der Waals surface area contributed by atoms with Crippen LogP contribution in [0.3, 0.4) is 0 Å². The van der Waals surface area contributed by atoms with E-state index >= 15 is 0 Å². The maximum Gasteiger partial charge on any atom is 0.125 e. The number of nitrogens with zero attached hydrogens (tertiary/aromatic N) is 1. The summed E-state index contributed by atoms with van der Waals surface area (Å²) < 4.78 is 13.4. The van der Waals surface area contributed by atoms with Crippen LogP contribution in [0.15, 0.2) is 36.4 Å². The van der Waals surface area contributed by atoms with E-state index < -0.39 is 0 Å². The summed E-state index contributed by atoms with van der Waals surface area (Å²) in [4.78, 5) is 2.04. The van der Waals surface area contributed by atoms with Gasteiger partial charge in [0, 0.05) is 19.3 Å². The number of likely N-dealkylation sites (N-methyl/N-ethyl adjacent to an activating group) is 1. The van der Waals surface area contributed by atoms with Gasteiger partial charge in [0.2, 0.25) is 0 Å². The average Bonchev–Trinajstić information content (AvgIpc) is 2.45. The van der Waals surface area contributed by atoms with Crippen molar-refractivity contribution in [2.24, 2.45) is 5.73 Å². The second-order valence-electron chi connectivity index (χ2n) is 5.64. The van der Waals surface area contributed by atoms with Gasteiger partial charge in [0.25, 0.3) is 0 Å². The van der Waals surface area contributed by atoms with Gasteiger partial charge in [-0.1, -0.05) is 18.2 Å². The Labute approximate surface area is 126 Å². The van der Waals surface area contributed by atoms with Crippen LogP contribution in [0.25, 0.3) is 0 Å². The van der Waals surface area contributed by atoms with Gasteiger partial charge in [-0.15, -0.1) is 0 Å². The predicted octanol–water partition coefficient (Wildman–Crippen LogP) is 3.89. The number of benzene rings is 2. The van der Waals surface area contributed by atoms with Crippen molar-refractivity contribution >= 4 is 5.69 Å². The Hall–Kier alpha value is -1.87. The van der Waals surface area contributed by atoms with Gasteiger partial charge >= 0.3 is 0 Å². The molecule has 0 saturated heterocycles. The summed E-state index contributed by atoms with van der Waals surface area (Å²) in [5, 5.41) is 0. The van der Waals surface area contributed by atoms with E-state index in [9.17, 15) is 4.39 Å². The summed E-state index contributed by atoms with van der Waals surface area (Å²) in [5.41, 5.74) is 11.8. The van der Waals surface area contributed by atoms with Crippen LogP contribution in [-0.4, -0.2) is 13.6 Å². The zero-order valence-corrected chi connectivity index (χ0v) is 13.2. The highest BCUT2D eigenvalue weighted by Crippen LogP contribution is 2.29. The SMILES string of the molecule is Cc1cc(C)c(C(CN)N(C)c2cccc(F)c2)cc1C. The summed E-state index contributed by atoms with van der Waals surface area (Å²) in [6.45, 7) is 6.80. The predicted molar refractivity (Wildman–Crippen MR) is 87.3 cm³/mol. The van der Waals surface area contributed by atoms with Crippen molar-refractivity contribution in [2.75, 3.05) is 18.5 Å². The maximum atomic E-state index is 13.4. The Kier molecular flexibility index (Phi) is 4.63. The number of anilines is 1. The molecule has 0 aromatic heterocycles. The Morgan fingerprint density at radius 2 is 1.71 bits per heavy atom. The molecule has 0 bridgehead atoms. The molecular formula is C18H23FN2. The van der Waals surface area contributed by atoms with Gasteiger partial charge in [-0.2, -0.15) is 0 Å². The van der Waals surface area contributed by atoms with E-state index in [1.807, 2.05) is 18.0 Å². The quantitative estimate of drug-likeness (QED) is 0.924. The summed E-state index contributed by atoms with van der Waals surface area (Å²) in [6, 6.07) is 11.0. The summed E-state index contributed by atoms with van der Waals surface area (Å²) in [7, 11) is 1.96. The molecule has 0 amide bonds. The molecule has 1 unspecified atom stereocenters. The Balaban J connectivity index is 2.42. The first-order chi connectivity index (χ1) is 9.93. The lowest BCUT2D eigenvalue weighted by Crippen LogP contribution is -2.31. The molecule has 0 fully saturated rings. The normalized spacial score (nSPS) is 12.3. The largest absolute Gasteiger partial charge is 0.366 e. The molecule has 2 aromatic carbocycles. The van der Waals surface area contributed by atoms with Gasteiger partial charge in [-0.25, -0.2) is 4.39 Å². The number of hydrogen-bond acceptors (Lipinski definition) is 2. The van der Waals surface area contributed by atoms with Crippen LogP contribution in [-0.2, 0) is 0 Å². The molecular weight excluding hydrogens is 263 g/mol. The van der Waals surface area contributed by atoms with Gasteiger partial charge in [0.1, 0.15) is 5.82 Å². The molecule has 1 atom stereocenters. The standard InChI is InChI=1S/C18H23FN2/c1-12-8-14(3)17(9-13(12)2)18(11-20)21(4)16-7-5-6-15(19)10-16/h5-10,18H,11,20H2,1-4H3. The molecule has 0 aliphatic rings. The fourth-order valence-electron chi connectivity index (χ4n) is 2.71. The van der Waals surface area contributed by atoms with E-state index in [4.69, 9.17) is 5.73 Å². The zero-order chi connectivity index (χ0) is 15.6. The smallest absolute Gasteiger partial charge is 0.125 e. The van der Waals surface area contributed by atoms with Crippen molar-refractivity contribution in [3.63, 3.8) is 0 Å². The van der Waals surface area contributed by atoms with Crippen LogP contribution in [0, 0.1) is 26.6 Å². The second kappa shape index (κ2) is 6.27. The van der Waals surface area contributed by atoms with E-state index in [0.717, 1.165) is 5.69 Å². The van der Waals surface area contributed by atoms with Gasteiger partial charge in [-0.05, 0) is 61.2 Å². The molecule has 112 valence electrons. The van der Waals surface area contributed by atoms with Crippen LogP contribution in [0.1, 0.15) is 28.3 Å². The molecule has 2 N–H and O–H groups in total. The van der Waals surface area contributed by atoms with Crippen LogP contribution >= 0.6 is 0 Å². The third kappa shape index (κ3) is 3.24. The Morgan fingerprint density at radius 1 is 1.05 bits per heavy atom. The minimum Gasteiger partial charge on any atom is -0.366 e. The van der Waals surface area contributed by atoms with Gasteiger partial charge < -0.3 is 10.6 Å². The van der Waals surface area contributed by atoms with Gasteiger partial charge in [-0.3, -0.25) is 0 Å². The third-order valence-corrected chi connectivity index (χ3v) is 4.15. The number of rotatable bonds is 4. The molecule has 3 heteroatoms.